The molecule has 0 aromatic carbocycles. The minimum atomic E-state index is -5.29. The van der Waals surface area contributed by atoms with E-state index in [0.717, 1.165) is 12.4 Å². The SMILES string of the molecule is CCOC(=O)C(F)(F)S(=O)(=O)c1ncccn1. The average molecular weight is 266 g/mol. The van der Waals surface area contributed by atoms with E-state index in [1.54, 1.807) is 0 Å². The summed E-state index contributed by atoms with van der Waals surface area (Å²) < 4.78 is 53.4. The molecule has 0 amide bonds. The smallest absolute Gasteiger partial charge is 0.447 e. The molecule has 0 aliphatic carbocycles. The van der Waals surface area contributed by atoms with Gasteiger partial charge in [0.25, 0.3) is 15.0 Å². The molecule has 0 fully saturated rings. The number of carbonyl (C=O) groups is 1. The lowest BCUT2D eigenvalue weighted by molar-refractivity contribution is -0.160. The molecular weight excluding hydrogens is 258 g/mol. The largest absolute Gasteiger partial charge is 0.461 e. The van der Waals surface area contributed by atoms with Crippen LogP contribution in [0.4, 0.5) is 8.78 Å². The highest BCUT2D eigenvalue weighted by atomic mass is 32.2. The summed E-state index contributed by atoms with van der Waals surface area (Å²) in [5, 5.41) is -5.83. The third kappa shape index (κ3) is 2.38. The van der Waals surface area contributed by atoms with E-state index < -0.39 is 26.2 Å². The van der Waals surface area contributed by atoms with Gasteiger partial charge in [-0.2, -0.15) is 8.78 Å². The number of esters is 1. The zero-order valence-electron chi connectivity index (χ0n) is 8.63. The van der Waals surface area contributed by atoms with E-state index in [0.29, 0.717) is 0 Å². The zero-order chi connectivity index (χ0) is 13.1. The quantitative estimate of drug-likeness (QED) is 0.579. The van der Waals surface area contributed by atoms with Crippen LogP contribution < -0.4 is 0 Å². The Bertz CT molecular complexity index is 504. The predicted molar refractivity (Wildman–Crippen MR) is 50.8 cm³/mol. The van der Waals surface area contributed by atoms with Gasteiger partial charge in [0.2, 0.25) is 0 Å². The minimum absolute atomic E-state index is 0.362. The standard InChI is InChI=1S/C8H8F2N2O4S/c1-2-16-6(13)8(9,10)17(14,15)7-11-4-3-5-12-7/h3-5H,2H2,1H3. The van der Waals surface area contributed by atoms with E-state index in [1.165, 1.54) is 13.0 Å². The van der Waals surface area contributed by atoms with Gasteiger partial charge in [0.15, 0.2) is 0 Å². The fourth-order valence-electron chi connectivity index (χ4n) is 0.864. The van der Waals surface area contributed by atoms with Crippen LogP contribution in [-0.4, -0.2) is 36.2 Å². The Labute approximate surface area is 95.6 Å². The van der Waals surface area contributed by atoms with Crippen LogP contribution in [0.3, 0.4) is 0 Å². The molecule has 0 radical (unpaired) electrons. The molecule has 1 aromatic heterocycles. The van der Waals surface area contributed by atoms with Crippen molar-refractivity contribution in [3.05, 3.63) is 18.5 Å². The van der Waals surface area contributed by atoms with Gasteiger partial charge < -0.3 is 4.74 Å². The molecule has 0 unspecified atom stereocenters. The number of alkyl halides is 2. The van der Waals surface area contributed by atoms with Crippen LogP contribution in [0.15, 0.2) is 23.6 Å². The van der Waals surface area contributed by atoms with Gasteiger partial charge in [-0.05, 0) is 13.0 Å². The normalized spacial score (nSPS) is 12.2. The van der Waals surface area contributed by atoms with Crippen LogP contribution in [-0.2, 0) is 19.4 Å². The van der Waals surface area contributed by atoms with Crippen molar-refractivity contribution in [2.45, 2.75) is 17.3 Å². The summed E-state index contributed by atoms with van der Waals surface area (Å²) >= 11 is 0. The number of rotatable bonds is 4. The Balaban J connectivity index is 3.19. The van der Waals surface area contributed by atoms with E-state index in [2.05, 4.69) is 14.7 Å². The average Bonchev–Trinajstić information content (AvgIpc) is 2.30. The third-order valence-corrected chi connectivity index (χ3v) is 3.17. The number of ether oxygens (including phenoxy) is 1. The monoisotopic (exact) mass is 266 g/mol. The number of carbonyl (C=O) groups excluding carboxylic acids is 1. The van der Waals surface area contributed by atoms with Crippen molar-refractivity contribution in [2.24, 2.45) is 0 Å². The number of halogens is 2. The highest BCUT2D eigenvalue weighted by molar-refractivity contribution is 7.93. The molecule has 0 bridgehead atoms. The Morgan fingerprint density at radius 2 is 1.94 bits per heavy atom. The molecule has 6 nitrogen and oxygen atoms in total. The van der Waals surface area contributed by atoms with Crippen molar-refractivity contribution < 1.29 is 26.7 Å². The van der Waals surface area contributed by atoms with Crippen molar-refractivity contribution in [2.75, 3.05) is 6.61 Å². The van der Waals surface area contributed by atoms with E-state index in [1.807, 2.05) is 0 Å². The van der Waals surface area contributed by atoms with Crippen LogP contribution in [0, 0.1) is 0 Å². The molecule has 1 aromatic rings. The van der Waals surface area contributed by atoms with E-state index in [-0.39, 0.29) is 6.61 Å². The first-order valence-electron chi connectivity index (χ1n) is 4.40. The summed E-state index contributed by atoms with van der Waals surface area (Å²) in [5.74, 6) is -2.15. The molecule has 1 rings (SSSR count). The van der Waals surface area contributed by atoms with Crippen LogP contribution in [0.1, 0.15) is 6.92 Å². The molecule has 0 atom stereocenters. The molecule has 17 heavy (non-hydrogen) atoms. The molecule has 0 N–H and O–H groups in total. The second-order valence-corrected chi connectivity index (χ2v) is 4.66. The van der Waals surface area contributed by atoms with Gasteiger partial charge >= 0.3 is 11.2 Å². The maximum absolute atomic E-state index is 13.3. The first-order valence-corrected chi connectivity index (χ1v) is 5.89. The second kappa shape index (κ2) is 4.70. The van der Waals surface area contributed by atoms with Gasteiger partial charge in [0.05, 0.1) is 6.61 Å². The summed E-state index contributed by atoms with van der Waals surface area (Å²) in [4.78, 5) is 17.2. The van der Waals surface area contributed by atoms with Crippen LogP contribution in [0.25, 0.3) is 0 Å². The van der Waals surface area contributed by atoms with Crippen molar-refractivity contribution in [1.82, 2.24) is 9.97 Å². The summed E-state index contributed by atoms with van der Waals surface area (Å²) in [6, 6.07) is 1.25. The Morgan fingerprint density at radius 1 is 1.41 bits per heavy atom. The molecule has 1 heterocycles. The first kappa shape index (κ1) is 13.4. The molecule has 0 saturated carbocycles. The van der Waals surface area contributed by atoms with Crippen LogP contribution in [0.2, 0.25) is 0 Å². The fourth-order valence-corrected chi connectivity index (χ4v) is 1.77. The lowest BCUT2D eigenvalue weighted by Crippen LogP contribution is -2.40. The van der Waals surface area contributed by atoms with Crippen molar-refractivity contribution in [3.8, 4) is 0 Å². The molecule has 0 aliphatic heterocycles. The second-order valence-electron chi connectivity index (χ2n) is 2.77. The van der Waals surface area contributed by atoms with Crippen molar-refractivity contribution >= 4 is 15.8 Å². The molecular formula is C8H8F2N2O4S. The topological polar surface area (TPSA) is 86.2 Å². The first-order chi connectivity index (χ1) is 7.84. The Morgan fingerprint density at radius 3 is 2.41 bits per heavy atom. The Kier molecular flexibility index (Phi) is 3.71. The van der Waals surface area contributed by atoms with Gasteiger partial charge in [0, 0.05) is 12.4 Å². The van der Waals surface area contributed by atoms with Crippen LogP contribution in [0.5, 0.6) is 0 Å². The van der Waals surface area contributed by atoms with Gasteiger partial charge in [-0.15, -0.1) is 0 Å². The predicted octanol–water partition coefficient (Wildman–Crippen LogP) is 0.406. The number of nitrogens with zero attached hydrogens (tertiary/aromatic N) is 2. The molecule has 0 saturated heterocycles. The van der Waals surface area contributed by atoms with E-state index in [9.17, 15) is 22.0 Å². The molecule has 0 aliphatic rings. The van der Waals surface area contributed by atoms with Crippen molar-refractivity contribution in [3.63, 3.8) is 0 Å². The van der Waals surface area contributed by atoms with E-state index >= 15 is 0 Å². The fraction of sp³-hybridized carbons (Fsp3) is 0.375. The lowest BCUT2D eigenvalue weighted by Gasteiger charge is -2.13. The number of aromatic nitrogens is 2. The van der Waals surface area contributed by atoms with Crippen molar-refractivity contribution in [1.29, 1.82) is 0 Å². The van der Waals surface area contributed by atoms with Gasteiger partial charge in [-0.1, -0.05) is 0 Å². The highest BCUT2D eigenvalue weighted by Gasteiger charge is 2.56. The summed E-state index contributed by atoms with van der Waals surface area (Å²) in [7, 11) is -5.29. The number of hydrogen-bond donors (Lipinski definition) is 0. The summed E-state index contributed by atoms with van der Waals surface area (Å²) in [6.07, 6.45) is 1.95. The summed E-state index contributed by atoms with van der Waals surface area (Å²) in [5.41, 5.74) is 0. The maximum atomic E-state index is 13.3. The molecule has 94 valence electrons. The number of sulfone groups is 1. The maximum Gasteiger partial charge on any atom is 0.447 e. The third-order valence-electron chi connectivity index (χ3n) is 1.63. The zero-order valence-corrected chi connectivity index (χ0v) is 9.45. The van der Waals surface area contributed by atoms with Gasteiger partial charge in [-0.25, -0.2) is 23.2 Å². The minimum Gasteiger partial charge on any atom is -0.461 e. The van der Waals surface area contributed by atoms with E-state index in [4.69, 9.17) is 0 Å². The lowest BCUT2D eigenvalue weighted by atomic mass is 10.7. The van der Waals surface area contributed by atoms with Gasteiger partial charge in [0.1, 0.15) is 0 Å². The number of hydrogen-bond acceptors (Lipinski definition) is 6. The summed E-state index contributed by atoms with van der Waals surface area (Å²) in [6.45, 7) is 0.916. The Hall–Kier alpha value is -1.64. The molecule has 9 heteroatoms. The highest BCUT2D eigenvalue weighted by Crippen LogP contribution is 2.28. The van der Waals surface area contributed by atoms with Crippen LogP contribution >= 0.6 is 0 Å². The molecule has 0 spiro atoms. The van der Waals surface area contributed by atoms with Gasteiger partial charge in [-0.3, -0.25) is 0 Å².